The Kier molecular flexibility index (Phi) is 6.34. The first kappa shape index (κ1) is 18.6. The highest BCUT2D eigenvalue weighted by Gasteiger charge is 2.17. The molecule has 1 unspecified atom stereocenters. The van der Waals surface area contributed by atoms with Gasteiger partial charge in [0.2, 0.25) is 0 Å². The highest BCUT2D eigenvalue weighted by molar-refractivity contribution is 9.10. The molecule has 0 aliphatic heterocycles. The van der Waals surface area contributed by atoms with Crippen LogP contribution in [0, 0.1) is 0 Å². The van der Waals surface area contributed by atoms with Crippen LogP contribution in [-0.4, -0.2) is 25.0 Å². The van der Waals surface area contributed by atoms with Gasteiger partial charge in [0.05, 0.1) is 9.21 Å². The number of thiophene rings is 1. The van der Waals surface area contributed by atoms with Crippen molar-refractivity contribution in [1.82, 2.24) is 10.6 Å². The maximum Gasteiger partial charge on any atom is 0.261 e. The van der Waals surface area contributed by atoms with Gasteiger partial charge in [0, 0.05) is 17.1 Å². The van der Waals surface area contributed by atoms with E-state index in [0.717, 1.165) is 23.9 Å². The molecule has 25 heavy (non-hydrogen) atoms. The van der Waals surface area contributed by atoms with Gasteiger partial charge in [-0.1, -0.05) is 39.7 Å². The molecule has 1 atom stereocenters. The highest BCUT2D eigenvalue weighted by Crippen LogP contribution is 2.29. The number of carbonyl (C=O) groups is 1. The molecule has 6 heteroatoms. The van der Waals surface area contributed by atoms with Gasteiger partial charge in [0.15, 0.2) is 0 Å². The van der Waals surface area contributed by atoms with Crippen molar-refractivity contribution in [2.45, 2.75) is 25.8 Å². The molecule has 1 aliphatic rings. The number of hydrogen-bond acceptors (Lipinski definition) is 3. The van der Waals surface area contributed by atoms with E-state index in [1.54, 1.807) is 12.1 Å². The lowest BCUT2D eigenvalue weighted by Crippen LogP contribution is -2.32. The molecule has 0 saturated heterocycles. The quantitative estimate of drug-likeness (QED) is 0.602. The molecule has 0 radical (unpaired) electrons. The molecule has 1 aromatic carbocycles. The zero-order chi connectivity index (χ0) is 17.8. The monoisotopic (exact) mass is 438 g/mol. The van der Waals surface area contributed by atoms with Gasteiger partial charge in [-0.3, -0.25) is 4.79 Å². The summed E-state index contributed by atoms with van der Waals surface area (Å²) in [6.07, 6.45) is 4.17. The Morgan fingerprint density at radius 3 is 2.92 bits per heavy atom. The number of halogens is 2. The fraction of sp³-hybridized carbons (Fsp3) is 0.316. The number of rotatable bonds is 7. The maximum absolute atomic E-state index is 11.9. The summed E-state index contributed by atoms with van der Waals surface area (Å²) in [5.74, 6) is -0.0514. The van der Waals surface area contributed by atoms with Gasteiger partial charge in [-0.2, -0.15) is 0 Å². The van der Waals surface area contributed by atoms with Crippen LogP contribution in [0.4, 0.5) is 0 Å². The van der Waals surface area contributed by atoms with E-state index in [1.165, 1.54) is 28.0 Å². The van der Waals surface area contributed by atoms with Crippen molar-refractivity contribution < 1.29 is 4.79 Å². The van der Waals surface area contributed by atoms with Gasteiger partial charge < -0.3 is 10.6 Å². The fourth-order valence-electron chi connectivity index (χ4n) is 2.87. The molecule has 3 nitrogen and oxygen atoms in total. The minimum Gasteiger partial charge on any atom is -0.351 e. The predicted octanol–water partition coefficient (Wildman–Crippen LogP) is 4.90. The van der Waals surface area contributed by atoms with E-state index in [1.807, 2.05) is 0 Å². The Morgan fingerprint density at radius 2 is 2.16 bits per heavy atom. The SMILES string of the molecule is CC(NCCCNC(=O)c1ccc(Cl)s1)C1=Cc2cc(Br)ccc2C1. The Balaban J connectivity index is 1.38. The summed E-state index contributed by atoms with van der Waals surface area (Å²) in [6.45, 7) is 3.71. The zero-order valence-electron chi connectivity index (χ0n) is 13.9. The summed E-state index contributed by atoms with van der Waals surface area (Å²) in [5, 5.41) is 6.47. The third-order valence-electron chi connectivity index (χ3n) is 4.29. The summed E-state index contributed by atoms with van der Waals surface area (Å²) in [5.41, 5.74) is 4.10. The Morgan fingerprint density at radius 1 is 1.32 bits per heavy atom. The van der Waals surface area contributed by atoms with Crippen LogP contribution >= 0.6 is 38.9 Å². The lowest BCUT2D eigenvalue weighted by Gasteiger charge is -2.15. The molecule has 1 aromatic heterocycles. The van der Waals surface area contributed by atoms with Crippen LogP contribution in [0.3, 0.4) is 0 Å². The molecule has 2 N–H and O–H groups in total. The highest BCUT2D eigenvalue weighted by atomic mass is 79.9. The van der Waals surface area contributed by atoms with Crippen LogP contribution in [0.15, 0.2) is 40.4 Å². The summed E-state index contributed by atoms with van der Waals surface area (Å²) in [4.78, 5) is 12.6. The first-order valence-corrected chi connectivity index (χ1v) is 10.3. The Labute approximate surface area is 165 Å². The topological polar surface area (TPSA) is 41.1 Å². The Bertz CT molecular complexity index is 802. The average molecular weight is 440 g/mol. The van der Waals surface area contributed by atoms with Gasteiger partial charge in [0.1, 0.15) is 0 Å². The number of hydrogen-bond donors (Lipinski definition) is 2. The van der Waals surface area contributed by atoms with Gasteiger partial charge in [-0.15, -0.1) is 11.3 Å². The lowest BCUT2D eigenvalue weighted by atomic mass is 10.1. The van der Waals surface area contributed by atoms with E-state index in [0.29, 0.717) is 21.8 Å². The van der Waals surface area contributed by atoms with Gasteiger partial charge >= 0.3 is 0 Å². The molecule has 2 aromatic rings. The third-order valence-corrected chi connectivity index (χ3v) is 6.01. The maximum atomic E-state index is 11.9. The largest absolute Gasteiger partial charge is 0.351 e. The standard InChI is InChI=1S/C19H20BrClN2OS/c1-12(14-9-13-3-4-16(20)11-15(13)10-14)22-7-2-8-23-19(24)17-5-6-18(21)25-17/h3-6,10-12,22H,2,7-9H2,1H3,(H,23,24). The number of nitrogens with one attached hydrogen (secondary N) is 2. The normalized spacial score (nSPS) is 14.1. The molecular formula is C19H20BrClN2OS. The number of benzene rings is 1. The summed E-state index contributed by atoms with van der Waals surface area (Å²) >= 11 is 10.7. The van der Waals surface area contributed by atoms with E-state index < -0.39 is 0 Å². The first-order valence-electron chi connectivity index (χ1n) is 8.29. The number of amides is 1. The number of fused-ring (bicyclic) bond motifs is 1. The van der Waals surface area contributed by atoms with E-state index in [-0.39, 0.29) is 5.91 Å². The molecule has 0 fully saturated rings. The molecular weight excluding hydrogens is 420 g/mol. The van der Waals surface area contributed by atoms with Crippen molar-refractivity contribution in [3.05, 3.63) is 60.7 Å². The summed E-state index contributed by atoms with van der Waals surface area (Å²) < 4.78 is 1.76. The van der Waals surface area contributed by atoms with Crippen molar-refractivity contribution >= 4 is 50.9 Å². The molecule has 3 rings (SSSR count). The van der Waals surface area contributed by atoms with Gasteiger partial charge in [0.25, 0.3) is 5.91 Å². The van der Waals surface area contributed by atoms with E-state index in [2.05, 4.69) is 57.8 Å². The lowest BCUT2D eigenvalue weighted by molar-refractivity contribution is 0.0957. The average Bonchev–Trinajstić information content (AvgIpc) is 3.20. The van der Waals surface area contributed by atoms with E-state index in [9.17, 15) is 4.79 Å². The number of carbonyl (C=O) groups excluding carboxylic acids is 1. The second-order valence-electron chi connectivity index (χ2n) is 6.13. The molecule has 1 heterocycles. The van der Waals surface area contributed by atoms with E-state index in [4.69, 9.17) is 11.6 Å². The smallest absolute Gasteiger partial charge is 0.261 e. The van der Waals surface area contributed by atoms with Crippen molar-refractivity contribution in [2.75, 3.05) is 13.1 Å². The molecule has 0 spiro atoms. The van der Waals surface area contributed by atoms with Crippen molar-refractivity contribution in [3.63, 3.8) is 0 Å². The van der Waals surface area contributed by atoms with Crippen LogP contribution in [0.5, 0.6) is 0 Å². The van der Waals surface area contributed by atoms with Crippen molar-refractivity contribution in [2.24, 2.45) is 0 Å². The summed E-state index contributed by atoms with van der Waals surface area (Å²) in [6, 6.07) is 10.3. The van der Waals surface area contributed by atoms with Crippen molar-refractivity contribution in [1.29, 1.82) is 0 Å². The second kappa shape index (κ2) is 8.49. The zero-order valence-corrected chi connectivity index (χ0v) is 17.1. The van der Waals surface area contributed by atoms with E-state index >= 15 is 0 Å². The van der Waals surface area contributed by atoms with Crippen LogP contribution in [0.1, 0.15) is 34.1 Å². The molecule has 0 bridgehead atoms. The minimum atomic E-state index is -0.0514. The second-order valence-corrected chi connectivity index (χ2v) is 8.76. The fourth-order valence-corrected chi connectivity index (χ4v) is 4.21. The molecule has 0 saturated carbocycles. The first-order chi connectivity index (χ1) is 12.0. The summed E-state index contributed by atoms with van der Waals surface area (Å²) in [7, 11) is 0. The molecule has 132 valence electrons. The van der Waals surface area contributed by atoms with Gasteiger partial charge in [-0.25, -0.2) is 0 Å². The predicted molar refractivity (Wildman–Crippen MR) is 110 cm³/mol. The molecule has 1 aliphatic carbocycles. The van der Waals surface area contributed by atoms with Crippen LogP contribution in [-0.2, 0) is 6.42 Å². The van der Waals surface area contributed by atoms with Crippen LogP contribution in [0.2, 0.25) is 4.34 Å². The van der Waals surface area contributed by atoms with Crippen LogP contribution in [0.25, 0.3) is 6.08 Å². The third kappa shape index (κ3) is 4.94. The van der Waals surface area contributed by atoms with Crippen molar-refractivity contribution in [3.8, 4) is 0 Å². The molecule has 1 amide bonds. The van der Waals surface area contributed by atoms with Crippen LogP contribution < -0.4 is 10.6 Å². The van der Waals surface area contributed by atoms with Gasteiger partial charge in [-0.05, 0) is 67.3 Å². The Hall–Kier alpha value is -1.14. The minimum absolute atomic E-state index is 0.0514.